The summed E-state index contributed by atoms with van der Waals surface area (Å²) in [5.74, 6) is -0.102. The molecule has 1 aromatic rings. The third kappa shape index (κ3) is 3.42. The summed E-state index contributed by atoms with van der Waals surface area (Å²) in [6.45, 7) is 18.6. The smallest absolute Gasteiger partial charge is 0.498 e. The van der Waals surface area contributed by atoms with Crippen molar-refractivity contribution in [3.05, 3.63) is 24.0 Å². The average molecular weight is 352 g/mol. The summed E-state index contributed by atoms with van der Waals surface area (Å²) in [4.78, 5) is 0. The average Bonchev–Trinajstić information content (AvgIpc) is 2.59. The van der Waals surface area contributed by atoms with E-state index in [1.54, 1.807) is 6.07 Å². The molecule has 0 bridgehead atoms. The number of benzene rings is 1. The predicted molar refractivity (Wildman–Crippen MR) is 99.9 cm³/mol. The van der Waals surface area contributed by atoms with E-state index in [1.807, 2.05) is 33.8 Å². The first-order valence-electron chi connectivity index (χ1n) is 8.51. The van der Waals surface area contributed by atoms with E-state index in [1.165, 1.54) is 6.07 Å². The van der Waals surface area contributed by atoms with Crippen LogP contribution in [0.25, 0.3) is 0 Å². The molecule has 134 valence electrons. The summed E-state index contributed by atoms with van der Waals surface area (Å²) in [6, 6.07) is 4.93. The Morgan fingerprint density at radius 2 is 1.54 bits per heavy atom. The molecule has 1 fully saturated rings. The third-order valence-electron chi connectivity index (χ3n) is 5.67. The Kier molecular flexibility index (Phi) is 4.75. The first-order chi connectivity index (χ1) is 10.7. The van der Waals surface area contributed by atoms with Gasteiger partial charge >= 0.3 is 7.12 Å². The van der Waals surface area contributed by atoms with Gasteiger partial charge in [0, 0.05) is 5.46 Å². The summed E-state index contributed by atoms with van der Waals surface area (Å²) in [5.41, 5.74) is -0.324. The van der Waals surface area contributed by atoms with Crippen LogP contribution in [-0.4, -0.2) is 26.6 Å². The quantitative estimate of drug-likeness (QED) is 0.749. The molecule has 24 heavy (non-hydrogen) atoms. The molecule has 1 aliphatic rings. The maximum atomic E-state index is 14.6. The van der Waals surface area contributed by atoms with Gasteiger partial charge in [-0.2, -0.15) is 0 Å². The highest BCUT2D eigenvalue weighted by molar-refractivity contribution is 6.75. The molecular weight excluding hydrogens is 322 g/mol. The standard InChI is InChI=1S/C18H30BFO3Si/c1-16(2,3)24(8,9)21-15-13(11-10-12-14(15)20)19-22-17(4,5)18(6,7)23-19/h10-12H,1-9H3. The normalized spacial score (nSPS) is 20.3. The fourth-order valence-electron chi connectivity index (χ4n) is 2.20. The van der Waals surface area contributed by atoms with Gasteiger partial charge in [0.1, 0.15) is 5.75 Å². The topological polar surface area (TPSA) is 27.7 Å². The molecule has 0 radical (unpaired) electrons. The van der Waals surface area contributed by atoms with Crippen molar-refractivity contribution in [2.24, 2.45) is 0 Å². The van der Waals surface area contributed by atoms with Crippen LogP contribution in [0.4, 0.5) is 4.39 Å². The molecule has 0 spiro atoms. The molecule has 0 atom stereocenters. The second-order valence-corrected chi connectivity index (χ2v) is 13.8. The number of hydrogen-bond donors (Lipinski definition) is 0. The van der Waals surface area contributed by atoms with Crippen LogP contribution in [0.5, 0.6) is 5.75 Å². The maximum absolute atomic E-state index is 14.6. The lowest BCUT2D eigenvalue weighted by Gasteiger charge is -2.37. The second kappa shape index (κ2) is 5.85. The number of halogens is 1. The highest BCUT2D eigenvalue weighted by Crippen LogP contribution is 2.40. The van der Waals surface area contributed by atoms with Crippen molar-refractivity contribution in [3.63, 3.8) is 0 Å². The van der Waals surface area contributed by atoms with Crippen LogP contribution in [0.3, 0.4) is 0 Å². The SMILES string of the molecule is CC1(C)OB(c2cccc(F)c2O[Si](C)(C)C(C)(C)C)OC1(C)C. The van der Waals surface area contributed by atoms with Crippen LogP contribution < -0.4 is 9.89 Å². The summed E-state index contributed by atoms with van der Waals surface area (Å²) in [6.07, 6.45) is 0. The van der Waals surface area contributed by atoms with Crippen LogP contribution in [-0.2, 0) is 9.31 Å². The largest absolute Gasteiger partial charge is 0.542 e. The van der Waals surface area contributed by atoms with Crippen LogP contribution in [0.1, 0.15) is 48.5 Å². The Morgan fingerprint density at radius 3 is 2.00 bits per heavy atom. The van der Waals surface area contributed by atoms with Gasteiger partial charge in [0.2, 0.25) is 0 Å². The number of para-hydroxylation sites is 1. The van der Waals surface area contributed by atoms with Crippen LogP contribution in [0.2, 0.25) is 18.1 Å². The van der Waals surface area contributed by atoms with Gasteiger partial charge in [0.05, 0.1) is 11.2 Å². The second-order valence-electron chi connectivity index (χ2n) is 9.11. The van der Waals surface area contributed by atoms with Crippen molar-refractivity contribution in [3.8, 4) is 5.75 Å². The zero-order valence-electron chi connectivity index (χ0n) is 16.4. The van der Waals surface area contributed by atoms with Crippen molar-refractivity contribution in [1.82, 2.24) is 0 Å². The molecule has 1 aromatic carbocycles. The van der Waals surface area contributed by atoms with E-state index in [4.69, 9.17) is 13.7 Å². The molecule has 0 unspecified atom stereocenters. The van der Waals surface area contributed by atoms with E-state index in [0.29, 0.717) is 5.46 Å². The number of hydrogen-bond acceptors (Lipinski definition) is 3. The summed E-state index contributed by atoms with van der Waals surface area (Å²) in [5, 5.41) is -0.0253. The van der Waals surface area contributed by atoms with Crippen molar-refractivity contribution in [1.29, 1.82) is 0 Å². The van der Waals surface area contributed by atoms with E-state index in [9.17, 15) is 4.39 Å². The Balaban J connectivity index is 2.43. The third-order valence-corrected chi connectivity index (χ3v) is 9.99. The molecule has 1 aliphatic heterocycles. The molecule has 2 rings (SSSR count). The van der Waals surface area contributed by atoms with Crippen molar-refractivity contribution in [2.75, 3.05) is 0 Å². The molecule has 0 amide bonds. The zero-order valence-corrected chi connectivity index (χ0v) is 17.4. The Morgan fingerprint density at radius 1 is 1.04 bits per heavy atom. The highest BCUT2D eigenvalue weighted by Gasteiger charge is 2.53. The van der Waals surface area contributed by atoms with Crippen molar-refractivity contribution in [2.45, 2.75) is 77.8 Å². The van der Waals surface area contributed by atoms with Crippen molar-refractivity contribution >= 4 is 20.9 Å². The minimum Gasteiger partial charge on any atom is -0.542 e. The van der Waals surface area contributed by atoms with E-state index < -0.39 is 26.6 Å². The Bertz CT molecular complexity index is 607. The maximum Gasteiger partial charge on any atom is 0.498 e. The lowest BCUT2D eigenvalue weighted by molar-refractivity contribution is 0.00578. The fraction of sp³-hybridized carbons (Fsp3) is 0.667. The minimum absolute atomic E-state index is 0.0253. The first kappa shape index (κ1) is 19.5. The van der Waals surface area contributed by atoms with Crippen LogP contribution in [0.15, 0.2) is 18.2 Å². The zero-order chi connectivity index (χ0) is 18.6. The van der Waals surface area contributed by atoms with E-state index in [-0.39, 0.29) is 16.6 Å². The minimum atomic E-state index is -2.18. The highest BCUT2D eigenvalue weighted by atomic mass is 28.4. The Hall–Kier alpha value is -0.848. The van der Waals surface area contributed by atoms with Gasteiger partial charge in [-0.15, -0.1) is 0 Å². The van der Waals surface area contributed by atoms with Gasteiger partial charge in [-0.05, 0) is 51.9 Å². The molecule has 1 saturated heterocycles. The van der Waals surface area contributed by atoms with E-state index >= 15 is 0 Å². The lowest BCUT2D eigenvalue weighted by atomic mass is 9.78. The van der Waals surface area contributed by atoms with Crippen LogP contribution >= 0.6 is 0 Å². The molecular formula is C18H30BFO3Si. The molecule has 0 aliphatic carbocycles. The molecule has 0 N–H and O–H groups in total. The van der Waals surface area contributed by atoms with E-state index in [2.05, 4.69) is 33.9 Å². The van der Waals surface area contributed by atoms with E-state index in [0.717, 1.165) is 0 Å². The fourth-order valence-corrected chi connectivity index (χ4v) is 3.23. The molecule has 0 aromatic heterocycles. The van der Waals surface area contributed by atoms with Gasteiger partial charge in [-0.25, -0.2) is 4.39 Å². The molecule has 6 heteroatoms. The van der Waals surface area contributed by atoms with Crippen molar-refractivity contribution < 1.29 is 18.1 Å². The molecule has 1 heterocycles. The van der Waals surface area contributed by atoms with Crippen LogP contribution in [0, 0.1) is 5.82 Å². The van der Waals surface area contributed by atoms with Gasteiger partial charge in [0.25, 0.3) is 8.32 Å². The van der Waals surface area contributed by atoms with Gasteiger partial charge in [-0.3, -0.25) is 0 Å². The van der Waals surface area contributed by atoms with Gasteiger partial charge in [0.15, 0.2) is 5.82 Å². The molecule has 0 saturated carbocycles. The van der Waals surface area contributed by atoms with Gasteiger partial charge < -0.3 is 13.7 Å². The first-order valence-corrected chi connectivity index (χ1v) is 11.4. The molecule has 3 nitrogen and oxygen atoms in total. The Labute approximate surface area is 147 Å². The summed E-state index contributed by atoms with van der Waals surface area (Å²) >= 11 is 0. The lowest BCUT2D eigenvalue weighted by Crippen LogP contribution is -2.47. The predicted octanol–water partition coefficient (Wildman–Crippen LogP) is 4.51. The summed E-state index contributed by atoms with van der Waals surface area (Å²) in [7, 11) is -2.82. The number of rotatable bonds is 3. The summed E-state index contributed by atoms with van der Waals surface area (Å²) < 4.78 is 33.1. The van der Waals surface area contributed by atoms with Gasteiger partial charge in [-0.1, -0.05) is 32.9 Å². The monoisotopic (exact) mass is 352 g/mol.